The fourth-order valence-corrected chi connectivity index (χ4v) is 1.34. The van der Waals surface area contributed by atoms with E-state index in [-0.39, 0.29) is 12.2 Å². The summed E-state index contributed by atoms with van der Waals surface area (Å²) >= 11 is 0. The lowest BCUT2D eigenvalue weighted by atomic mass is 10.2. The molecule has 0 saturated heterocycles. The standard InChI is InChI=1S/C13H18O5/c14-6-2-7-17-8-3-9-18-12-5-1-4-11(10-12)13(15)16/h1,4-5,10,14H,2-3,6-9H2,(H,15,16). The van der Waals surface area contributed by atoms with E-state index in [1.807, 2.05) is 0 Å². The number of aromatic carboxylic acids is 1. The number of carbonyl (C=O) groups is 1. The fourth-order valence-electron chi connectivity index (χ4n) is 1.34. The van der Waals surface area contributed by atoms with Crippen LogP contribution in [0.1, 0.15) is 23.2 Å². The van der Waals surface area contributed by atoms with Crippen molar-refractivity contribution in [3.63, 3.8) is 0 Å². The molecule has 0 unspecified atom stereocenters. The summed E-state index contributed by atoms with van der Waals surface area (Å²) in [6.07, 6.45) is 1.37. The van der Waals surface area contributed by atoms with E-state index < -0.39 is 5.97 Å². The van der Waals surface area contributed by atoms with Gasteiger partial charge in [-0.1, -0.05) is 6.07 Å². The second kappa shape index (κ2) is 8.49. The predicted molar refractivity (Wildman–Crippen MR) is 66.0 cm³/mol. The highest BCUT2D eigenvalue weighted by atomic mass is 16.5. The molecule has 0 radical (unpaired) electrons. The third-order valence-corrected chi connectivity index (χ3v) is 2.23. The third-order valence-electron chi connectivity index (χ3n) is 2.23. The summed E-state index contributed by atoms with van der Waals surface area (Å²) in [6, 6.07) is 6.39. The van der Waals surface area contributed by atoms with E-state index in [1.54, 1.807) is 12.1 Å². The zero-order valence-electron chi connectivity index (χ0n) is 10.2. The summed E-state index contributed by atoms with van der Waals surface area (Å²) in [5, 5.41) is 17.3. The lowest BCUT2D eigenvalue weighted by molar-refractivity contribution is 0.0696. The zero-order chi connectivity index (χ0) is 13.2. The Hall–Kier alpha value is -1.59. The van der Waals surface area contributed by atoms with Crippen molar-refractivity contribution in [2.24, 2.45) is 0 Å². The third kappa shape index (κ3) is 5.65. The van der Waals surface area contributed by atoms with Gasteiger partial charge in [0.2, 0.25) is 0 Å². The van der Waals surface area contributed by atoms with Crippen LogP contribution in [0, 0.1) is 0 Å². The van der Waals surface area contributed by atoms with Crippen LogP contribution in [0.25, 0.3) is 0 Å². The first-order valence-electron chi connectivity index (χ1n) is 5.89. The summed E-state index contributed by atoms with van der Waals surface area (Å²) in [6.45, 7) is 1.73. The molecule has 0 fully saturated rings. The van der Waals surface area contributed by atoms with Crippen LogP contribution >= 0.6 is 0 Å². The van der Waals surface area contributed by atoms with E-state index in [0.29, 0.717) is 32.0 Å². The van der Waals surface area contributed by atoms with Gasteiger partial charge >= 0.3 is 5.97 Å². The highest BCUT2D eigenvalue weighted by Gasteiger charge is 2.03. The van der Waals surface area contributed by atoms with Crippen LogP contribution in [-0.4, -0.2) is 42.6 Å². The van der Waals surface area contributed by atoms with Crippen molar-refractivity contribution in [3.05, 3.63) is 29.8 Å². The lowest BCUT2D eigenvalue weighted by Crippen LogP contribution is -2.05. The first-order chi connectivity index (χ1) is 8.74. The van der Waals surface area contributed by atoms with Crippen molar-refractivity contribution in [2.45, 2.75) is 12.8 Å². The summed E-state index contributed by atoms with van der Waals surface area (Å²) in [5.41, 5.74) is 0.215. The van der Waals surface area contributed by atoms with Gasteiger partial charge < -0.3 is 19.7 Å². The minimum atomic E-state index is -0.965. The molecule has 1 aromatic rings. The van der Waals surface area contributed by atoms with Gasteiger partial charge in [0.25, 0.3) is 0 Å². The molecule has 0 aliphatic heterocycles. The van der Waals surface area contributed by atoms with Gasteiger partial charge in [0.15, 0.2) is 0 Å². The summed E-state index contributed by atoms with van der Waals surface area (Å²) in [7, 11) is 0. The van der Waals surface area contributed by atoms with Crippen LogP contribution in [0.5, 0.6) is 5.75 Å². The first kappa shape index (κ1) is 14.5. The molecule has 0 heterocycles. The number of benzene rings is 1. The molecule has 1 rings (SSSR count). The number of carboxylic acids is 1. The van der Waals surface area contributed by atoms with E-state index in [4.69, 9.17) is 19.7 Å². The van der Waals surface area contributed by atoms with Gasteiger partial charge in [0, 0.05) is 26.2 Å². The van der Waals surface area contributed by atoms with Crippen molar-refractivity contribution in [1.29, 1.82) is 0 Å². The number of carboxylic acid groups (broad SMARTS) is 1. The van der Waals surface area contributed by atoms with Crippen LogP contribution in [0.2, 0.25) is 0 Å². The number of aliphatic hydroxyl groups excluding tert-OH is 1. The highest BCUT2D eigenvalue weighted by molar-refractivity contribution is 5.87. The number of aliphatic hydroxyl groups is 1. The molecule has 0 aliphatic rings. The smallest absolute Gasteiger partial charge is 0.335 e. The quantitative estimate of drug-likeness (QED) is 0.654. The molecule has 0 amide bonds. The molecule has 0 spiro atoms. The van der Waals surface area contributed by atoms with E-state index in [2.05, 4.69) is 0 Å². The van der Waals surface area contributed by atoms with Crippen molar-refractivity contribution < 1.29 is 24.5 Å². The Morgan fingerprint density at radius 2 is 1.94 bits per heavy atom. The Kier molecular flexibility index (Phi) is 6.83. The number of hydrogen-bond acceptors (Lipinski definition) is 4. The molecule has 18 heavy (non-hydrogen) atoms. The molecule has 5 heteroatoms. The average Bonchev–Trinajstić information content (AvgIpc) is 2.38. The van der Waals surface area contributed by atoms with E-state index in [1.165, 1.54) is 12.1 Å². The molecule has 0 saturated carbocycles. The topological polar surface area (TPSA) is 76.0 Å². The Balaban J connectivity index is 2.19. The molecule has 100 valence electrons. The minimum Gasteiger partial charge on any atom is -0.493 e. The van der Waals surface area contributed by atoms with Gasteiger partial charge in [0.1, 0.15) is 5.75 Å². The maximum Gasteiger partial charge on any atom is 0.335 e. The Bertz CT molecular complexity index is 364. The largest absolute Gasteiger partial charge is 0.493 e. The SMILES string of the molecule is O=C(O)c1cccc(OCCCOCCCO)c1. The van der Waals surface area contributed by atoms with Crippen molar-refractivity contribution >= 4 is 5.97 Å². The van der Waals surface area contributed by atoms with Crippen molar-refractivity contribution in [3.8, 4) is 5.75 Å². The van der Waals surface area contributed by atoms with E-state index in [0.717, 1.165) is 6.42 Å². The van der Waals surface area contributed by atoms with Gasteiger partial charge in [-0.2, -0.15) is 0 Å². The van der Waals surface area contributed by atoms with Crippen LogP contribution in [-0.2, 0) is 4.74 Å². The van der Waals surface area contributed by atoms with Crippen LogP contribution < -0.4 is 4.74 Å². The highest BCUT2D eigenvalue weighted by Crippen LogP contribution is 2.13. The first-order valence-corrected chi connectivity index (χ1v) is 5.89. The summed E-state index contributed by atoms with van der Waals surface area (Å²) in [5.74, 6) is -0.418. The Morgan fingerprint density at radius 1 is 1.17 bits per heavy atom. The normalized spacial score (nSPS) is 10.3. The average molecular weight is 254 g/mol. The monoisotopic (exact) mass is 254 g/mol. The van der Waals surface area contributed by atoms with Gasteiger partial charge in [-0.15, -0.1) is 0 Å². The molecule has 0 atom stereocenters. The minimum absolute atomic E-state index is 0.137. The fraction of sp³-hybridized carbons (Fsp3) is 0.462. The molecule has 0 aromatic heterocycles. The molecule has 0 aliphatic carbocycles. The molecule has 0 bridgehead atoms. The maximum atomic E-state index is 10.7. The number of hydrogen-bond donors (Lipinski definition) is 2. The number of ether oxygens (including phenoxy) is 2. The van der Waals surface area contributed by atoms with Gasteiger partial charge in [-0.3, -0.25) is 0 Å². The molecular formula is C13H18O5. The number of rotatable bonds is 9. The second-order valence-corrected chi connectivity index (χ2v) is 3.72. The maximum absolute atomic E-state index is 10.7. The Morgan fingerprint density at radius 3 is 2.67 bits per heavy atom. The predicted octanol–water partition coefficient (Wildman–Crippen LogP) is 1.55. The summed E-state index contributed by atoms with van der Waals surface area (Å²) < 4.78 is 10.7. The van der Waals surface area contributed by atoms with Gasteiger partial charge in [0.05, 0.1) is 12.2 Å². The molecule has 2 N–H and O–H groups in total. The van der Waals surface area contributed by atoms with Crippen molar-refractivity contribution in [1.82, 2.24) is 0 Å². The Labute approximate surface area is 106 Å². The lowest BCUT2D eigenvalue weighted by Gasteiger charge is -2.07. The molecule has 5 nitrogen and oxygen atoms in total. The molecular weight excluding hydrogens is 236 g/mol. The molecule has 1 aromatic carbocycles. The van der Waals surface area contributed by atoms with E-state index in [9.17, 15) is 4.79 Å². The van der Waals surface area contributed by atoms with Gasteiger partial charge in [-0.05, 0) is 24.6 Å². The second-order valence-electron chi connectivity index (χ2n) is 3.72. The van der Waals surface area contributed by atoms with Crippen LogP contribution in [0.4, 0.5) is 0 Å². The van der Waals surface area contributed by atoms with Crippen LogP contribution in [0.3, 0.4) is 0 Å². The van der Waals surface area contributed by atoms with Crippen molar-refractivity contribution in [2.75, 3.05) is 26.4 Å². The van der Waals surface area contributed by atoms with Crippen LogP contribution in [0.15, 0.2) is 24.3 Å². The van der Waals surface area contributed by atoms with Gasteiger partial charge in [-0.25, -0.2) is 4.79 Å². The van der Waals surface area contributed by atoms with E-state index >= 15 is 0 Å². The summed E-state index contributed by atoms with van der Waals surface area (Å²) in [4.78, 5) is 10.7. The zero-order valence-corrected chi connectivity index (χ0v) is 10.2.